The summed E-state index contributed by atoms with van der Waals surface area (Å²) in [6.45, 7) is 0.426. The summed E-state index contributed by atoms with van der Waals surface area (Å²) in [5.74, 6) is -2.12. The Morgan fingerprint density at radius 1 is 1.06 bits per heavy atom. The predicted octanol–water partition coefficient (Wildman–Crippen LogP) is 2.76. The van der Waals surface area contributed by atoms with E-state index in [4.69, 9.17) is 47.0 Å². The number of amides is 1. The summed E-state index contributed by atoms with van der Waals surface area (Å²) in [6.07, 6.45) is 0.515. The zero-order valence-electron chi connectivity index (χ0n) is 16.8. The summed E-state index contributed by atoms with van der Waals surface area (Å²) >= 11 is 23.3. The smallest absolute Gasteiger partial charge is 0.269 e. The number of carbonyl (C=O) groups excluding carboxylic acids is 1. The fourth-order valence-electron chi connectivity index (χ4n) is 3.25. The lowest BCUT2D eigenvalue weighted by molar-refractivity contribution is -0.854. The van der Waals surface area contributed by atoms with Crippen LogP contribution in [0, 0.1) is 11.1 Å². The molecule has 0 saturated carbocycles. The zero-order valence-corrected chi connectivity index (χ0v) is 20.7. The number of anilines is 2. The van der Waals surface area contributed by atoms with Crippen LogP contribution < -0.4 is 20.4 Å². The van der Waals surface area contributed by atoms with Gasteiger partial charge >= 0.3 is 0 Å². The van der Waals surface area contributed by atoms with Crippen molar-refractivity contribution < 1.29 is 23.4 Å². The molecule has 3 rings (SSSR count). The Bertz CT molecular complexity index is 1190. The quantitative estimate of drug-likeness (QED) is 0.217. The van der Waals surface area contributed by atoms with Crippen molar-refractivity contribution in [3.8, 4) is 5.75 Å². The highest BCUT2D eigenvalue weighted by atomic mass is 35.5. The highest BCUT2D eigenvalue weighted by Crippen LogP contribution is 2.37. The number of quaternary nitrogens is 1. The summed E-state index contributed by atoms with van der Waals surface area (Å²) in [4.78, 5) is 11.8. The molecule has 2 aromatic carbocycles. The fraction of sp³-hybridized carbons (Fsp3) is 0.263. The molecular formula is C19H19Cl3N4O5S2. The first-order valence-electron chi connectivity index (χ1n) is 9.61. The second-order valence-electron chi connectivity index (χ2n) is 7.24. The molecule has 178 valence electrons. The molecule has 0 unspecified atom stereocenters. The van der Waals surface area contributed by atoms with Crippen LogP contribution in [0.5, 0.6) is 5.75 Å². The van der Waals surface area contributed by atoms with Crippen molar-refractivity contribution in [3.63, 3.8) is 0 Å². The van der Waals surface area contributed by atoms with Gasteiger partial charge < -0.3 is 26.0 Å². The number of piperidine rings is 1. The van der Waals surface area contributed by atoms with Crippen molar-refractivity contribution in [2.45, 2.75) is 17.7 Å². The third-order valence-electron chi connectivity index (χ3n) is 4.95. The number of benzene rings is 2. The molecule has 0 aliphatic carbocycles. The number of halogens is 3. The molecule has 9 nitrogen and oxygen atoms in total. The Kier molecular flexibility index (Phi) is 8.27. The van der Waals surface area contributed by atoms with Gasteiger partial charge in [-0.25, -0.2) is 13.1 Å². The molecule has 5 N–H and O–H groups in total. The lowest BCUT2D eigenvalue weighted by Crippen LogP contribution is -3.08. The summed E-state index contributed by atoms with van der Waals surface area (Å²) in [7, 11) is -4.52. The summed E-state index contributed by atoms with van der Waals surface area (Å²) in [5.41, 5.74) is 0.312. The summed E-state index contributed by atoms with van der Waals surface area (Å²) in [6, 6.07) is 7.41. The van der Waals surface area contributed by atoms with Crippen molar-refractivity contribution in [1.29, 1.82) is 0 Å². The van der Waals surface area contributed by atoms with Gasteiger partial charge in [0.05, 0.1) is 39.5 Å². The molecule has 0 atom stereocenters. The van der Waals surface area contributed by atoms with E-state index in [0.29, 0.717) is 10.7 Å². The number of hydroxylamine groups is 2. The van der Waals surface area contributed by atoms with Crippen molar-refractivity contribution in [2.75, 3.05) is 23.7 Å². The average molecular weight is 554 g/mol. The van der Waals surface area contributed by atoms with Crippen LogP contribution >= 0.6 is 47.0 Å². The van der Waals surface area contributed by atoms with E-state index >= 15 is 0 Å². The predicted molar refractivity (Wildman–Crippen MR) is 132 cm³/mol. The Morgan fingerprint density at radius 3 is 2.36 bits per heavy atom. The molecule has 0 radical (unpaired) electrons. The van der Waals surface area contributed by atoms with Crippen LogP contribution in [-0.4, -0.2) is 37.6 Å². The van der Waals surface area contributed by atoms with Gasteiger partial charge in [0.2, 0.25) is 5.91 Å². The maximum absolute atomic E-state index is 12.9. The van der Waals surface area contributed by atoms with Crippen LogP contribution in [0.25, 0.3) is 0 Å². The third-order valence-corrected chi connectivity index (χ3v) is 7.82. The summed E-state index contributed by atoms with van der Waals surface area (Å²) in [5, 5.41) is 27.7. The highest BCUT2D eigenvalue weighted by molar-refractivity contribution is 7.90. The van der Waals surface area contributed by atoms with Gasteiger partial charge in [0.1, 0.15) is 4.90 Å². The minimum absolute atomic E-state index is 0.0176. The number of aromatic hydroxyl groups is 1. The first-order chi connectivity index (χ1) is 15.5. The van der Waals surface area contributed by atoms with Crippen molar-refractivity contribution in [2.24, 2.45) is 5.92 Å². The lowest BCUT2D eigenvalue weighted by atomic mass is 9.97. The number of thiocarbonyl (C=S) groups is 1. The Balaban J connectivity index is 1.79. The highest BCUT2D eigenvalue weighted by Gasteiger charge is 2.31. The molecule has 0 aromatic heterocycles. The average Bonchev–Trinajstić information content (AvgIpc) is 2.73. The topological polar surface area (TPSA) is 135 Å². The molecule has 1 fully saturated rings. The van der Waals surface area contributed by atoms with Crippen molar-refractivity contribution in [3.05, 3.63) is 50.6 Å². The number of hydrogen-bond acceptors (Lipinski definition) is 6. The molecule has 33 heavy (non-hydrogen) atoms. The van der Waals surface area contributed by atoms with E-state index in [2.05, 4.69) is 10.6 Å². The SMILES string of the molecule is O=C(NS(=O)(=O)c1c(Cl)ccc(NC(=S)Nc2cccc(Cl)c2Cl)c1O)C1CC[NH+]([O-])CC1. The normalized spacial score (nSPS) is 18.4. The van der Waals surface area contributed by atoms with Gasteiger partial charge in [0.15, 0.2) is 10.9 Å². The Hall–Kier alpha value is -1.86. The van der Waals surface area contributed by atoms with Gasteiger partial charge in [-0.05, 0) is 36.5 Å². The minimum atomic E-state index is -4.52. The first-order valence-corrected chi connectivity index (χ1v) is 12.6. The molecule has 1 saturated heterocycles. The van der Waals surface area contributed by atoms with Crippen LogP contribution in [0.3, 0.4) is 0 Å². The first kappa shape index (κ1) is 25.8. The minimum Gasteiger partial charge on any atom is -0.634 e. The maximum Gasteiger partial charge on any atom is 0.269 e. The van der Waals surface area contributed by atoms with Gasteiger partial charge in [-0.1, -0.05) is 40.9 Å². The van der Waals surface area contributed by atoms with E-state index < -0.39 is 32.5 Å². The van der Waals surface area contributed by atoms with Gasteiger partial charge in [-0.3, -0.25) is 4.79 Å². The van der Waals surface area contributed by atoms with Gasteiger partial charge in [0.25, 0.3) is 10.0 Å². The Morgan fingerprint density at radius 2 is 1.70 bits per heavy atom. The Labute approximate surface area is 210 Å². The number of nitrogens with one attached hydrogen (secondary N) is 4. The molecule has 1 aliphatic rings. The maximum atomic E-state index is 12.9. The molecule has 0 spiro atoms. The number of hydrogen-bond donors (Lipinski definition) is 5. The lowest BCUT2D eigenvalue weighted by Gasteiger charge is -2.30. The molecule has 1 aliphatic heterocycles. The van der Waals surface area contributed by atoms with Crippen LogP contribution in [0.15, 0.2) is 35.2 Å². The third kappa shape index (κ3) is 6.18. The summed E-state index contributed by atoms with van der Waals surface area (Å²) < 4.78 is 27.6. The molecule has 1 heterocycles. The second kappa shape index (κ2) is 10.6. The van der Waals surface area contributed by atoms with E-state index in [1.165, 1.54) is 12.1 Å². The molecular weight excluding hydrogens is 535 g/mol. The van der Waals surface area contributed by atoms with E-state index in [-0.39, 0.29) is 51.8 Å². The standard InChI is InChI=1S/C19H19Cl3N4O5S2/c20-11-2-1-3-13(15(11)22)23-19(32)24-14-5-4-12(21)17(16(14)27)33(30,31)25-18(28)10-6-8-26(29)9-7-10/h1-5,10,26-27H,6-9H2,(H,25,28)(H2,23,24,32). The number of phenolic OH excluding ortho intramolecular Hbond substituents is 1. The van der Waals surface area contributed by atoms with Crippen LogP contribution in [-0.2, 0) is 14.8 Å². The molecule has 0 bridgehead atoms. The van der Waals surface area contributed by atoms with E-state index in [1.54, 1.807) is 18.2 Å². The molecule has 1 amide bonds. The van der Waals surface area contributed by atoms with E-state index in [0.717, 1.165) is 0 Å². The molecule has 2 aromatic rings. The molecule has 14 heteroatoms. The van der Waals surface area contributed by atoms with E-state index in [1.807, 2.05) is 4.72 Å². The number of carbonyl (C=O) groups is 1. The largest absolute Gasteiger partial charge is 0.634 e. The van der Waals surface area contributed by atoms with E-state index in [9.17, 15) is 23.5 Å². The second-order valence-corrected chi connectivity index (χ2v) is 10.5. The van der Waals surface area contributed by atoms with Crippen LogP contribution in [0.4, 0.5) is 11.4 Å². The van der Waals surface area contributed by atoms with Crippen molar-refractivity contribution in [1.82, 2.24) is 4.72 Å². The van der Waals surface area contributed by atoms with Gasteiger partial charge in [-0.2, -0.15) is 0 Å². The van der Waals surface area contributed by atoms with Crippen LogP contribution in [0.2, 0.25) is 15.1 Å². The van der Waals surface area contributed by atoms with Gasteiger partial charge in [-0.15, -0.1) is 0 Å². The monoisotopic (exact) mass is 552 g/mol. The number of sulfonamides is 1. The van der Waals surface area contributed by atoms with Crippen LogP contribution in [0.1, 0.15) is 12.8 Å². The zero-order chi connectivity index (χ0) is 24.3. The fourth-order valence-corrected chi connectivity index (χ4v) is 5.50. The van der Waals surface area contributed by atoms with Gasteiger partial charge in [0, 0.05) is 18.8 Å². The van der Waals surface area contributed by atoms with Crippen molar-refractivity contribution >= 4 is 79.4 Å². The number of phenols is 1. The number of rotatable bonds is 5.